The van der Waals surface area contributed by atoms with Crippen LogP contribution in [0, 0.1) is 5.82 Å². The topological polar surface area (TPSA) is 29.9 Å². The molecule has 5 heteroatoms. The first kappa shape index (κ1) is 14.7. The van der Waals surface area contributed by atoms with Crippen LogP contribution in [0.5, 0.6) is 0 Å². The van der Waals surface area contributed by atoms with E-state index in [1.54, 1.807) is 6.20 Å². The average molecular weight is 270 g/mol. The summed E-state index contributed by atoms with van der Waals surface area (Å²) in [4.78, 5) is 0. The highest BCUT2D eigenvalue weighted by Gasteiger charge is 1.98. The Morgan fingerprint density at radius 3 is 2.56 bits per heavy atom. The highest BCUT2D eigenvalue weighted by Crippen LogP contribution is 2.03. The standard InChI is InChI=1S/C13H16FN3.ClH/c1-17-13(7-9-16-17)10-15-8-6-11-2-4-12(14)5-3-11;/h2-5,7,9,15H,6,8,10H2,1H3;1H. The number of aromatic nitrogens is 2. The molecule has 0 saturated heterocycles. The molecule has 0 aliphatic rings. The summed E-state index contributed by atoms with van der Waals surface area (Å²) in [7, 11) is 1.93. The summed E-state index contributed by atoms with van der Waals surface area (Å²) in [6.07, 6.45) is 2.69. The van der Waals surface area contributed by atoms with Gasteiger partial charge in [0.2, 0.25) is 0 Å². The van der Waals surface area contributed by atoms with Crippen molar-refractivity contribution in [1.29, 1.82) is 0 Å². The Bertz CT molecular complexity index is 467. The SMILES string of the molecule is Cl.Cn1nccc1CNCCc1ccc(F)cc1. The average Bonchev–Trinajstić information content (AvgIpc) is 2.73. The van der Waals surface area contributed by atoms with E-state index in [9.17, 15) is 4.39 Å². The lowest BCUT2D eigenvalue weighted by Crippen LogP contribution is -2.18. The molecule has 3 nitrogen and oxygen atoms in total. The van der Waals surface area contributed by atoms with Crippen molar-refractivity contribution in [2.24, 2.45) is 7.05 Å². The summed E-state index contributed by atoms with van der Waals surface area (Å²) in [6, 6.07) is 8.62. The zero-order chi connectivity index (χ0) is 12.1. The summed E-state index contributed by atoms with van der Waals surface area (Å²) in [6.45, 7) is 1.68. The molecule has 0 radical (unpaired) electrons. The molecule has 0 fully saturated rings. The molecule has 0 aliphatic heterocycles. The van der Waals surface area contributed by atoms with Crippen molar-refractivity contribution in [3.63, 3.8) is 0 Å². The van der Waals surface area contributed by atoms with Gasteiger partial charge in [-0.1, -0.05) is 12.1 Å². The van der Waals surface area contributed by atoms with Crippen LogP contribution >= 0.6 is 12.4 Å². The van der Waals surface area contributed by atoms with Gasteiger partial charge in [-0.05, 0) is 36.7 Å². The van der Waals surface area contributed by atoms with E-state index < -0.39 is 0 Å². The monoisotopic (exact) mass is 269 g/mol. The molecule has 1 N–H and O–H groups in total. The van der Waals surface area contributed by atoms with Gasteiger partial charge in [0, 0.05) is 19.8 Å². The highest BCUT2D eigenvalue weighted by molar-refractivity contribution is 5.85. The Labute approximate surface area is 112 Å². The summed E-state index contributed by atoms with van der Waals surface area (Å²) in [5, 5.41) is 7.44. The van der Waals surface area contributed by atoms with Crippen molar-refractivity contribution < 1.29 is 4.39 Å². The zero-order valence-electron chi connectivity index (χ0n) is 10.3. The molecule has 98 valence electrons. The van der Waals surface area contributed by atoms with Crippen LogP contribution in [0.1, 0.15) is 11.3 Å². The summed E-state index contributed by atoms with van der Waals surface area (Å²) >= 11 is 0. The Balaban J connectivity index is 0.00000162. The predicted molar refractivity (Wildman–Crippen MR) is 72.3 cm³/mol. The smallest absolute Gasteiger partial charge is 0.123 e. The molecule has 0 bridgehead atoms. The maximum atomic E-state index is 12.7. The van der Waals surface area contributed by atoms with E-state index in [1.807, 2.05) is 29.9 Å². The van der Waals surface area contributed by atoms with Gasteiger partial charge in [-0.15, -0.1) is 12.4 Å². The molecule has 0 spiro atoms. The van der Waals surface area contributed by atoms with E-state index in [-0.39, 0.29) is 18.2 Å². The van der Waals surface area contributed by atoms with E-state index in [1.165, 1.54) is 12.1 Å². The maximum Gasteiger partial charge on any atom is 0.123 e. The van der Waals surface area contributed by atoms with Crippen LogP contribution in [0.25, 0.3) is 0 Å². The van der Waals surface area contributed by atoms with Gasteiger partial charge in [0.05, 0.1) is 5.69 Å². The van der Waals surface area contributed by atoms with Gasteiger partial charge >= 0.3 is 0 Å². The minimum atomic E-state index is -0.184. The fraction of sp³-hybridized carbons (Fsp3) is 0.308. The molecule has 0 saturated carbocycles. The first-order chi connectivity index (χ1) is 8.25. The van der Waals surface area contributed by atoms with E-state index in [4.69, 9.17) is 0 Å². The second-order valence-electron chi connectivity index (χ2n) is 4.00. The number of benzene rings is 1. The van der Waals surface area contributed by atoms with Gasteiger partial charge in [-0.3, -0.25) is 4.68 Å². The van der Waals surface area contributed by atoms with E-state index in [2.05, 4.69) is 10.4 Å². The Hall–Kier alpha value is -1.39. The third-order valence-corrected chi connectivity index (χ3v) is 2.73. The van der Waals surface area contributed by atoms with Crippen molar-refractivity contribution in [2.45, 2.75) is 13.0 Å². The van der Waals surface area contributed by atoms with E-state index >= 15 is 0 Å². The number of hydrogen-bond acceptors (Lipinski definition) is 2. The second-order valence-corrected chi connectivity index (χ2v) is 4.00. The molecule has 2 rings (SSSR count). The van der Waals surface area contributed by atoms with Crippen LogP contribution < -0.4 is 5.32 Å². The fourth-order valence-corrected chi connectivity index (χ4v) is 1.67. The summed E-state index contributed by atoms with van der Waals surface area (Å²) in [5.41, 5.74) is 2.30. The van der Waals surface area contributed by atoms with Crippen LogP contribution in [0.2, 0.25) is 0 Å². The van der Waals surface area contributed by atoms with Gasteiger partial charge in [0.25, 0.3) is 0 Å². The van der Waals surface area contributed by atoms with Crippen LogP contribution in [-0.2, 0) is 20.0 Å². The normalized spacial score (nSPS) is 10.1. The lowest BCUT2D eigenvalue weighted by atomic mass is 10.1. The molecule has 0 unspecified atom stereocenters. The first-order valence-corrected chi connectivity index (χ1v) is 5.68. The van der Waals surface area contributed by atoms with Crippen LogP contribution in [0.3, 0.4) is 0 Å². The van der Waals surface area contributed by atoms with Crippen molar-refractivity contribution in [1.82, 2.24) is 15.1 Å². The van der Waals surface area contributed by atoms with Crippen LogP contribution in [0.4, 0.5) is 4.39 Å². The Morgan fingerprint density at radius 2 is 1.94 bits per heavy atom. The van der Waals surface area contributed by atoms with Crippen LogP contribution in [0.15, 0.2) is 36.5 Å². The predicted octanol–water partition coefficient (Wildman–Crippen LogP) is 2.31. The van der Waals surface area contributed by atoms with Crippen molar-refractivity contribution >= 4 is 12.4 Å². The lowest BCUT2D eigenvalue weighted by molar-refractivity contribution is 0.619. The molecule has 1 heterocycles. The Kier molecular flexibility index (Phi) is 5.82. The number of nitrogens with one attached hydrogen (secondary N) is 1. The number of hydrogen-bond donors (Lipinski definition) is 1. The Morgan fingerprint density at radius 1 is 1.22 bits per heavy atom. The second kappa shape index (κ2) is 7.13. The van der Waals surface area contributed by atoms with Crippen LogP contribution in [-0.4, -0.2) is 16.3 Å². The van der Waals surface area contributed by atoms with E-state index in [0.29, 0.717) is 0 Å². The van der Waals surface area contributed by atoms with Crippen molar-refractivity contribution in [3.8, 4) is 0 Å². The molecule has 0 atom stereocenters. The number of aryl methyl sites for hydroxylation is 1. The fourth-order valence-electron chi connectivity index (χ4n) is 1.67. The molecular formula is C13H17ClFN3. The maximum absolute atomic E-state index is 12.7. The summed E-state index contributed by atoms with van der Waals surface area (Å²) in [5.74, 6) is -0.184. The minimum Gasteiger partial charge on any atom is -0.311 e. The van der Waals surface area contributed by atoms with Gasteiger partial charge < -0.3 is 5.32 Å². The van der Waals surface area contributed by atoms with E-state index in [0.717, 1.165) is 30.8 Å². The molecule has 1 aromatic carbocycles. The number of halogens is 2. The molecule has 2 aromatic rings. The molecule has 18 heavy (non-hydrogen) atoms. The quantitative estimate of drug-likeness (QED) is 0.845. The minimum absolute atomic E-state index is 0. The zero-order valence-corrected chi connectivity index (χ0v) is 11.1. The number of nitrogens with zero attached hydrogens (tertiary/aromatic N) is 2. The number of rotatable bonds is 5. The first-order valence-electron chi connectivity index (χ1n) is 5.68. The van der Waals surface area contributed by atoms with Gasteiger partial charge in [0.15, 0.2) is 0 Å². The summed E-state index contributed by atoms with van der Waals surface area (Å²) < 4.78 is 14.5. The molecule has 0 amide bonds. The third kappa shape index (κ3) is 4.13. The molecule has 1 aromatic heterocycles. The van der Waals surface area contributed by atoms with Crippen molar-refractivity contribution in [3.05, 3.63) is 53.6 Å². The van der Waals surface area contributed by atoms with Gasteiger partial charge in [0.1, 0.15) is 5.82 Å². The van der Waals surface area contributed by atoms with Crippen molar-refractivity contribution in [2.75, 3.05) is 6.54 Å². The van der Waals surface area contributed by atoms with Gasteiger partial charge in [-0.25, -0.2) is 4.39 Å². The highest BCUT2D eigenvalue weighted by atomic mass is 35.5. The largest absolute Gasteiger partial charge is 0.311 e. The van der Waals surface area contributed by atoms with Gasteiger partial charge in [-0.2, -0.15) is 5.10 Å². The lowest BCUT2D eigenvalue weighted by Gasteiger charge is -2.05. The third-order valence-electron chi connectivity index (χ3n) is 2.73. The molecular weight excluding hydrogens is 253 g/mol. The molecule has 0 aliphatic carbocycles.